The van der Waals surface area contributed by atoms with E-state index in [1.165, 1.54) is 13.2 Å². The van der Waals surface area contributed by atoms with Crippen molar-refractivity contribution >= 4 is 11.6 Å². The highest BCUT2D eigenvalue weighted by Gasteiger charge is 2.69. The topological polar surface area (TPSA) is 52.6 Å². The average Bonchev–Trinajstić information content (AvgIpc) is 2.92. The van der Waals surface area contributed by atoms with Crippen molar-refractivity contribution in [1.29, 1.82) is 0 Å². The second-order valence-corrected chi connectivity index (χ2v) is 6.75. The van der Waals surface area contributed by atoms with Crippen LogP contribution in [0.3, 0.4) is 0 Å². The number of allylic oxidation sites excluding steroid dienone is 2. The third kappa shape index (κ3) is 1.72. The molecule has 3 aliphatic rings. The number of fused-ring (bicyclic) bond motifs is 4. The molecule has 1 aromatic rings. The van der Waals surface area contributed by atoms with E-state index in [4.69, 9.17) is 9.47 Å². The van der Waals surface area contributed by atoms with Gasteiger partial charge in [-0.2, -0.15) is 0 Å². The molecule has 23 heavy (non-hydrogen) atoms. The van der Waals surface area contributed by atoms with Crippen LogP contribution >= 0.6 is 0 Å². The fraction of sp³-hybridized carbons (Fsp3) is 0.474. The van der Waals surface area contributed by atoms with Gasteiger partial charge >= 0.3 is 0 Å². The van der Waals surface area contributed by atoms with Gasteiger partial charge in [0.05, 0.1) is 14.2 Å². The number of hydrogen-bond acceptors (Lipinski definition) is 4. The maximum atomic E-state index is 12.8. The van der Waals surface area contributed by atoms with Crippen LogP contribution in [0, 0.1) is 17.8 Å². The SMILES string of the molecule is COC1=CC(=O)C2C3CCC[C@]3(c3ccc(OC)cc3)C2C1=O. The monoisotopic (exact) mass is 312 g/mol. The van der Waals surface area contributed by atoms with E-state index in [1.807, 2.05) is 12.1 Å². The van der Waals surface area contributed by atoms with Gasteiger partial charge in [0.15, 0.2) is 11.5 Å². The Morgan fingerprint density at radius 3 is 2.48 bits per heavy atom. The molecule has 4 atom stereocenters. The van der Waals surface area contributed by atoms with Crippen LogP contribution in [0.15, 0.2) is 36.1 Å². The predicted octanol–water partition coefficient (Wildman–Crippen LogP) is 2.66. The van der Waals surface area contributed by atoms with Crippen molar-refractivity contribution in [1.82, 2.24) is 0 Å². The van der Waals surface area contributed by atoms with E-state index in [2.05, 4.69) is 12.1 Å². The van der Waals surface area contributed by atoms with Crippen LogP contribution in [-0.2, 0) is 19.7 Å². The van der Waals surface area contributed by atoms with Gasteiger partial charge in [-0.3, -0.25) is 9.59 Å². The van der Waals surface area contributed by atoms with Gasteiger partial charge in [-0.25, -0.2) is 0 Å². The van der Waals surface area contributed by atoms with E-state index in [0.29, 0.717) is 0 Å². The van der Waals surface area contributed by atoms with E-state index in [-0.39, 0.29) is 40.5 Å². The Hall–Kier alpha value is -2.10. The summed E-state index contributed by atoms with van der Waals surface area (Å²) in [7, 11) is 3.10. The predicted molar refractivity (Wildman–Crippen MR) is 84.1 cm³/mol. The second kappa shape index (κ2) is 4.95. The number of Topliss-reactive ketones (excluding diaryl/α,β-unsaturated/α-hetero) is 1. The highest BCUT2D eigenvalue weighted by molar-refractivity contribution is 6.12. The number of hydrogen-bond donors (Lipinski definition) is 0. The summed E-state index contributed by atoms with van der Waals surface area (Å²) in [5, 5.41) is 0. The minimum Gasteiger partial charge on any atom is -0.497 e. The van der Waals surface area contributed by atoms with Crippen molar-refractivity contribution in [2.75, 3.05) is 14.2 Å². The Kier molecular flexibility index (Phi) is 3.12. The molecule has 0 heterocycles. The first-order chi connectivity index (χ1) is 11.1. The lowest BCUT2D eigenvalue weighted by molar-refractivity contribution is -0.152. The van der Waals surface area contributed by atoms with E-state index in [0.717, 1.165) is 30.6 Å². The van der Waals surface area contributed by atoms with Crippen molar-refractivity contribution in [2.24, 2.45) is 17.8 Å². The van der Waals surface area contributed by atoms with Crippen molar-refractivity contribution in [2.45, 2.75) is 24.7 Å². The minimum absolute atomic E-state index is 0.00827. The Bertz CT molecular complexity index is 703. The summed E-state index contributed by atoms with van der Waals surface area (Å²) in [6, 6.07) is 7.98. The van der Waals surface area contributed by atoms with Crippen LogP contribution < -0.4 is 4.74 Å². The van der Waals surface area contributed by atoms with Gasteiger partial charge < -0.3 is 9.47 Å². The van der Waals surface area contributed by atoms with Crippen LogP contribution in [0.5, 0.6) is 5.75 Å². The Morgan fingerprint density at radius 1 is 1.09 bits per heavy atom. The van der Waals surface area contributed by atoms with Gasteiger partial charge in [-0.15, -0.1) is 0 Å². The molecule has 3 unspecified atom stereocenters. The van der Waals surface area contributed by atoms with Crippen LogP contribution in [0.2, 0.25) is 0 Å². The number of ether oxygens (including phenoxy) is 2. The van der Waals surface area contributed by atoms with E-state index in [1.54, 1.807) is 7.11 Å². The molecule has 0 aromatic heterocycles. The van der Waals surface area contributed by atoms with Crippen LogP contribution in [0.25, 0.3) is 0 Å². The fourth-order valence-electron chi connectivity index (χ4n) is 5.19. The number of carbonyl (C=O) groups is 2. The molecule has 0 aliphatic heterocycles. The Labute approximate surface area is 135 Å². The molecule has 4 heteroatoms. The van der Waals surface area contributed by atoms with Crippen LogP contribution in [-0.4, -0.2) is 25.8 Å². The first-order valence-corrected chi connectivity index (χ1v) is 8.11. The zero-order valence-electron chi connectivity index (χ0n) is 13.4. The number of ketones is 2. The molecule has 120 valence electrons. The maximum Gasteiger partial charge on any atom is 0.202 e. The average molecular weight is 312 g/mol. The second-order valence-electron chi connectivity index (χ2n) is 6.75. The summed E-state index contributed by atoms with van der Waals surface area (Å²) in [5.74, 6) is 0.913. The molecule has 0 bridgehead atoms. The number of methoxy groups -OCH3 is 2. The van der Waals surface area contributed by atoms with Crippen LogP contribution in [0.1, 0.15) is 24.8 Å². The summed E-state index contributed by atoms with van der Waals surface area (Å²) in [5.41, 5.74) is 0.947. The lowest BCUT2D eigenvalue weighted by Gasteiger charge is -2.58. The standard InChI is InChI=1S/C19H20O4/c1-22-12-7-5-11(6-8-12)19-9-3-4-13(19)16-14(20)10-15(23-2)18(21)17(16)19/h5-8,10,13,16-17H,3-4,9H2,1-2H3/t13?,16?,17?,19-/m1/s1. The zero-order chi connectivity index (χ0) is 16.2. The molecule has 3 aliphatic carbocycles. The molecule has 0 saturated heterocycles. The molecule has 0 amide bonds. The minimum atomic E-state index is -0.268. The Balaban J connectivity index is 1.79. The largest absolute Gasteiger partial charge is 0.497 e. The molecule has 4 nitrogen and oxygen atoms in total. The molecule has 0 spiro atoms. The summed E-state index contributed by atoms with van der Waals surface area (Å²) in [4.78, 5) is 25.3. The maximum absolute atomic E-state index is 12.8. The first kappa shape index (κ1) is 14.5. The molecule has 2 fully saturated rings. The summed E-state index contributed by atoms with van der Waals surface area (Å²) in [6.07, 6.45) is 4.44. The summed E-state index contributed by atoms with van der Waals surface area (Å²) >= 11 is 0. The van der Waals surface area contributed by atoms with Gasteiger partial charge in [-0.05, 0) is 36.5 Å². The van der Waals surface area contributed by atoms with Crippen molar-refractivity contribution in [3.63, 3.8) is 0 Å². The lowest BCUT2D eigenvalue weighted by Crippen LogP contribution is -2.64. The van der Waals surface area contributed by atoms with Crippen molar-refractivity contribution in [3.8, 4) is 5.75 Å². The Morgan fingerprint density at radius 2 is 1.83 bits per heavy atom. The molecular weight excluding hydrogens is 292 g/mol. The highest BCUT2D eigenvalue weighted by atomic mass is 16.5. The molecule has 2 saturated carbocycles. The molecule has 4 rings (SSSR count). The number of benzene rings is 1. The summed E-state index contributed by atoms with van der Waals surface area (Å²) in [6.45, 7) is 0. The molecule has 0 radical (unpaired) electrons. The van der Waals surface area contributed by atoms with Gasteiger partial charge in [-0.1, -0.05) is 18.6 Å². The number of rotatable bonds is 3. The van der Waals surface area contributed by atoms with Gasteiger partial charge in [0.25, 0.3) is 0 Å². The highest BCUT2D eigenvalue weighted by Crippen LogP contribution is 2.67. The first-order valence-electron chi connectivity index (χ1n) is 8.11. The molecule has 0 N–H and O–H groups in total. The quantitative estimate of drug-likeness (QED) is 0.861. The summed E-state index contributed by atoms with van der Waals surface area (Å²) < 4.78 is 10.4. The van der Waals surface area contributed by atoms with Gasteiger partial charge in [0.2, 0.25) is 5.78 Å². The zero-order valence-corrected chi connectivity index (χ0v) is 13.4. The third-order valence-corrected chi connectivity index (χ3v) is 6.09. The molecular formula is C19H20O4. The van der Waals surface area contributed by atoms with Gasteiger partial charge in [0, 0.05) is 23.3 Å². The van der Waals surface area contributed by atoms with E-state index < -0.39 is 0 Å². The molecule has 1 aromatic carbocycles. The van der Waals surface area contributed by atoms with E-state index in [9.17, 15) is 9.59 Å². The van der Waals surface area contributed by atoms with Gasteiger partial charge in [0.1, 0.15) is 5.75 Å². The fourth-order valence-corrected chi connectivity index (χ4v) is 5.19. The lowest BCUT2D eigenvalue weighted by atomic mass is 9.42. The van der Waals surface area contributed by atoms with Crippen molar-refractivity contribution < 1.29 is 19.1 Å². The normalized spacial score (nSPS) is 35.0. The van der Waals surface area contributed by atoms with Crippen LogP contribution in [0.4, 0.5) is 0 Å². The van der Waals surface area contributed by atoms with E-state index >= 15 is 0 Å². The smallest absolute Gasteiger partial charge is 0.202 e. The van der Waals surface area contributed by atoms with Crippen molar-refractivity contribution in [3.05, 3.63) is 41.7 Å². The number of carbonyl (C=O) groups excluding carboxylic acids is 2. The third-order valence-electron chi connectivity index (χ3n) is 6.09.